The van der Waals surface area contributed by atoms with Crippen LogP contribution in [0, 0.1) is 34.5 Å². The molecular weight excluding hydrogens is 1370 g/mol. The van der Waals surface area contributed by atoms with Gasteiger partial charge in [-0.05, 0) is 127 Å². The number of urea groups is 1. The fourth-order valence-corrected chi connectivity index (χ4v) is 16.2. The predicted molar refractivity (Wildman–Crippen MR) is 389 cm³/mol. The van der Waals surface area contributed by atoms with E-state index in [0.717, 1.165) is 41.6 Å². The van der Waals surface area contributed by atoms with Crippen LogP contribution in [0.25, 0.3) is 11.1 Å². The molecule has 9 amide bonds. The molecule has 0 bridgehead atoms. The van der Waals surface area contributed by atoms with Crippen molar-refractivity contribution in [2.75, 3.05) is 96.0 Å². The first-order chi connectivity index (χ1) is 51.0. The zero-order chi connectivity index (χ0) is 75.5. The summed E-state index contributed by atoms with van der Waals surface area (Å²) in [6, 6.07) is 19.6. The molecule has 10 rings (SSSR count). The molecule has 2 aliphatic heterocycles. The Morgan fingerprint density at radius 3 is 2.17 bits per heavy atom. The molecule has 574 valence electrons. The Hall–Kier alpha value is -8.74. The van der Waals surface area contributed by atoms with Crippen molar-refractivity contribution in [3.63, 3.8) is 0 Å². The number of fused-ring (bicyclic) bond motifs is 11. The lowest BCUT2D eigenvalue weighted by Gasteiger charge is -2.59. The number of nitrogens with zero attached hydrogens (tertiary/aromatic N) is 1. The Bertz CT molecular complexity index is 3770. The van der Waals surface area contributed by atoms with E-state index in [2.05, 4.69) is 62.3 Å². The van der Waals surface area contributed by atoms with E-state index in [1.165, 1.54) is 16.7 Å². The highest BCUT2D eigenvalue weighted by atomic mass is 16.7. The summed E-state index contributed by atoms with van der Waals surface area (Å²) in [4.78, 5) is 133. The third-order valence-corrected chi connectivity index (χ3v) is 21.5. The molecule has 10 N–H and O–H groups in total. The van der Waals surface area contributed by atoms with E-state index in [1.54, 1.807) is 55.2 Å². The Balaban J connectivity index is 0.564. The first-order valence-electron chi connectivity index (χ1n) is 37.1. The van der Waals surface area contributed by atoms with Crippen LogP contribution in [0.15, 0.2) is 96.6 Å². The molecule has 0 radical (unpaired) electrons. The van der Waals surface area contributed by atoms with E-state index in [0.29, 0.717) is 69.9 Å². The molecule has 0 spiro atoms. The number of amides is 9. The lowest BCUT2D eigenvalue weighted by atomic mass is 9.46. The fourth-order valence-electron chi connectivity index (χ4n) is 16.2. The molecule has 3 saturated carbocycles. The van der Waals surface area contributed by atoms with Gasteiger partial charge in [0.2, 0.25) is 35.4 Å². The smallest absolute Gasteiger partial charge is 0.407 e. The van der Waals surface area contributed by atoms with Crippen LogP contribution in [-0.2, 0) is 89.4 Å². The van der Waals surface area contributed by atoms with Crippen molar-refractivity contribution in [3.8, 4) is 0 Å². The number of hydrogen-bond donors (Lipinski definition) is 9. The second-order valence-electron chi connectivity index (χ2n) is 28.9. The van der Waals surface area contributed by atoms with Crippen molar-refractivity contribution in [2.45, 2.75) is 161 Å². The molecule has 3 aromatic rings. The van der Waals surface area contributed by atoms with Crippen molar-refractivity contribution in [1.29, 1.82) is 0 Å². The van der Waals surface area contributed by atoms with Crippen LogP contribution in [0.5, 0.6) is 0 Å². The van der Waals surface area contributed by atoms with E-state index in [4.69, 9.17) is 43.6 Å². The number of benzene rings is 3. The molecule has 0 aromatic heterocycles. The number of primary amides is 1. The van der Waals surface area contributed by atoms with Gasteiger partial charge >= 0.3 is 12.1 Å². The SMILES string of the molecule is CCCC1O[C@@H]2CC3[C@@H]4CCC5=CC(=O)C=C[C@]5(C)C4[C@@H](O)C[C@]3(C)[C@]2(C(=O)COCNC(=O)CNC(=O)OCc2ccc(NC(=O)[C@H](CCCNC(N)=O)NC(=O)[C@@H](NC(=O)CCOCCOCCOCCOCCNC(=O)CCC(=O)N3Cc4ccccc4C4=C(C4)c4ccccc43)C(C)C)cc2)O1. The number of ketones is 2. The van der Waals surface area contributed by atoms with E-state index >= 15 is 0 Å². The van der Waals surface area contributed by atoms with Crippen molar-refractivity contribution in [2.24, 2.45) is 40.2 Å². The Kier molecular flexibility index (Phi) is 28.0. The van der Waals surface area contributed by atoms with Crippen LogP contribution in [0.4, 0.5) is 21.0 Å². The van der Waals surface area contributed by atoms with E-state index in [1.807, 2.05) is 50.3 Å². The topological polar surface area (TPSA) is 378 Å². The summed E-state index contributed by atoms with van der Waals surface area (Å²) in [5, 5.41) is 30.5. The highest BCUT2D eigenvalue weighted by molar-refractivity contribution is 6.13. The second-order valence-corrected chi connectivity index (χ2v) is 28.9. The number of hydrogen-bond acceptors (Lipinski definition) is 19. The first kappa shape index (κ1) is 79.8. The highest BCUT2D eigenvalue weighted by Gasteiger charge is 2.76. The summed E-state index contributed by atoms with van der Waals surface area (Å²) in [5.74, 6) is -3.50. The summed E-state index contributed by atoms with van der Waals surface area (Å²) >= 11 is 0. The number of alkyl carbamates (subject to hydrolysis) is 1. The van der Waals surface area contributed by atoms with Crippen LogP contribution >= 0.6 is 0 Å². The number of Topliss-reactive ketones (excluding diaryl/α,β-unsaturated/α-hetero) is 1. The summed E-state index contributed by atoms with van der Waals surface area (Å²) in [6.07, 6.45) is 7.40. The predicted octanol–water partition coefficient (Wildman–Crippen LogP) is 5.97. The summed E-state index contributed by atoms with van der Waals surface area (Å²) in [7, 11) is 0. The summed E-state index contributed by atoms with van der Waals surface area (Å²) in [5.41, 5.74) is 11.3. The van der Waals surface area contributed by atoms with Gasteiger partial charge in [-0.1, -0.05) is 107 Å². The zero-order valence-corrected chi connectivity index (χ0v) is 61.3. The van der Waals surface area contributed by atoms with E-state index in [-0.39, 0.29) is 132 Å². The van der Waals surface area contributed by atoms with Gasteiger partial charge in [0.1, 0.15) is 38.6 Å². The van der Waals surface area contributed by atoms with Crippen molar-refractivity contribution in [1.82, 2.24) is 31.9 Å². The first-order valence-corrected chi connectivity index (χ1v) is 37.1. The molecular formula is C78H103N9O19. The van der Waals surface area contributed by atoms with Gasteiger partial charge in [-0.3, -0.25) is 38.4 Å². The lowest BCUT2D eigenvalue weighted by Crippen LogP contribution is -2.63. The standard InChI is InChI=1S/C78H103N9O19/c1-6-12-69-105-64-41-59-56-23-20-51-39-53(88)26-28-76(51,4)70(56)62(89)42-77(59,5)78(64,106-69)63(90)46-103-47-83-67(93)43-82-75(98)104-45-49-18-21-52(22-19-49)84-72(95)60(16-11-29-81-74(79)97)85-73(96)71(48(2)3)86-66(92)27-31-99-33-35-101-37-38-102-36-34-100-32-30-80-65(91)24-25-68(94)87-44-50-13-7-8-14-54(50)57-40-58(57)55-15-9-10-17-61(55)87/h7-10,13-15,17-19,21-22,26,28,39,48,56,59-60,62,64,69-71,89H,6,11-12,16,20,23-25,27,29-38,40-47H2,1-5H3,(H,80,91)(H,82,98)(H,83,93)(H,84,95)(H,85,96)(H,86,92)(H3,79,81,97)/t56-,59?,60-,62-,64+,69?,70?,71-,76-,77-,78+/m0/s1. The number of anilines is 2. The average molecular weight is 1470 g/mol. The molecule has 3 aromatic carbocycles. The van der Waals surface area contributed by atoms with Crippen LogP contribution < -0.4 is 47.9 Å². The van der Waals surface area contributed by atoms with Crippen LogP contribution in [0.2, 0.25) is 0 Å². The largest absolute Gasteiger partial charge is 0.445 e. The minimum absolute atomic E-state index is 0.0161. The monoisotopic (exact) mass is 1470 g/mol. The number of nitrogens with one attached hydrogen (secondary N) is 7. The summed E-state index contributed by atoms with van der Waals surface area (Å²) < 4.78 is 46.6. The minimum atomic E-state index is -1.39. The number of nitrogens with two attached hydrogens (primary N) is 1. The van der Waals surface area contributed by atoms with E-state index in [9.17, 15) is 53.1 Å². The molecule has 7 aliphatic rings. The molecule has 5 aliphatic carbocycles. The Morgan fingerprint density at radius 1 is 0.745 bits per heavy atom. The molecule has 106 heavy (non-hydrogen) atoms. The average Bonchev–Trinajstić information content (AvgIpc) is 1.48. The molecule has 3 unspecified atom stereocenters. The number of aliphatic hydroxyl groups is 1. The molecule has 1 saturated heterocycles. The number of allylic oxidation sites excluding steroid dienone is 6. The molecule has 28 heteroatoms. The summed E-state index contributed by atoms with van der Waals surface area (Å²) in [6.45, 7) is 11.0. The van der Waals surface area contributed by atoms with E-state index < -0.39 is 95.9 Å². The number of ether oxygens (including phenoxy) is 8. The van der Waals surface area contributed by atoms with Crippen molar-refractivity contribution in [3.05, 3.63) is 119 Å². The quantitative estimate of drug-likeness (QED) is 0.0235. The maximum Gasteiger partial charge on any atom is 0.407 e. The molecule has 11 atom stereocenters. The van der Waals surface area contributed by atoms with Crippen LogP contribution in [-0.4, -0.2) is 186 Å². The Labute approximate surface area is 618 Å². The van der Waals surface area contributed by atoms with Gasteiger partial charge in [0.25, 0.3) is 0 Å². The number of carbonyl (C=O) groups is 10. The van der Waals surface area contributed by atoms with Crippen LogP contribution in [0.1, 0.15) is 134 Å². The second kappa shape index (κ2) is 37.2. The zero-order valence-electron chi connectivity index (χ0n) is 61.3. The molecule has 4 fully saturated rings. The normalized spacial score (nSPS) is 24.2. The van der Waals surface area contributed by atoms with Gasteiger partial charge in [-0.15, -0.1) is 0 Å². The number of para-hydroxylation sites is 1. The van der Waals surface area contributed by atoms with Gasteiger partial charge < -0.3 is 90.9 Å². The number of rotatable bonds is 39. The molecule has 28 nitrogen and oxygen atoms in total. The third kappa shape index (κ3) is 19.7. The van der Waals surface area contributed by atoms with Crippen LogP contribution in [0.3, 0.4) is 0 Å². The Morgan fingerprint density at radius 2 is 1.44 bits per heavy atom. The minimum Gasteiger partial charge on any atom is -0.445 e. The fraction of sp³-hybridized carbons (Fsp3) is 0.564. The maximum atomic E-state index is 14.6. The third-order valence-electron chi connectivity index (χ3n) is 21.5. The van der Waals surface area contributed by atoms with Crippen molar-refractivity contribution >= 4 is 81.7 Å². The van der Waals surface area contributed by atoms with Gasteiger partial charge in [0.05, 0.1) is 77.3 Å². The van der Waals surface area contributed by atoms with Gasteiger partial charge in [0, 0.05) is 60.4 Å². The van der Waals surface area contributed by atoms with Crippen molar-refractivity contribution < 1.29 is 90.9 Å². The maximum absolute atomic E-state index is 14.6. The highest BCUT2D eigenvalue weighted by Crippen LogP contribution is 2.70. The number of carbonyl (C=O) groups excluding carboxylic acids is 10. The van der Waals surface area contributed by atoms with Gasteiger partial charge in [0.15, 0.2) is 23.5 Å². The van der Waals surface area contributed by atoms with Gasteiger partial charge in [-0.2, -0.15) is 0 Å². The molecule has 2 heterocycles. The van der Waals surface area contributed by atoms with Gasteiger partial charge in [-0.25, -0.2) is 9.59 Å². The lowest BCUT2D eigenvalue weighted by molar-refractivity contribution is -0.201. The number of aliphatic hydroxyl groups excluding tert-OH is 1.